The minimum Gasteiger partial charge on any atom is -0.316 e. The van der Waals surface area contributed by atoms with Gasteiger partial charge in [0, 0.05) is 11.3 Å². The highest BCUT2D eigenvalue weighted by Crippen LogP contribution is 2.34. The molecule has 2 aromatic rings. The molecule has 1 aliphatic rings. The molecule has 1 aliphatic heterocycles. The fourth-order valence-corrected chi connectivity index (χ4v) is 3.47. The fraction of sp³-hybridized carbons (Fsp3) is 0.471. The molecule has 1 amide bonds. The molecule has 0 spiro atoms. The van der Waals surface area contributed by atoms with Crippen molar-refractivity contribution in [3.8, 4) is 0 Å². The van der Waals surface area contributed by atoms with E-state index in [1.54, 1.807) is 0 Å². The summed E-state index contributed by atoms with van der Waals surface area (Å²) in [7, 11) is 0. The van der Waals surface area contributed by atoms with Crippen LogP contribution < -0.4 is 10.6 Å². The van der Waals surface area contributed by atoms with E-state index in [2.05, 4.69) is 46.8 Å². The van der Waals surface area contributed by atoms with Crippen molar-refractivity contribution in [2.75, 3.05) is 18.4 Å². The predicted molar refractivity (Wildman–Crippen MR) is 99.9 cm³/mol. The van der Waals surface area contributed by atoms with Gasteiger partial charge >= 0.3 is 0 Å². The molecular formula is C17H23ClN4OS. The Balaban J connectivity index is 0.00000208. The number of rotatable bonds is 5. The molecule has 5 nitrogen and oxygen atoms in total. The predicted octanol–water partition coefficient (Wildman–Crippen LogP) is 3.08. The summed E-state index contributed by atoms with van der Waals surface area (Å²) in [5.74, 6) is 0.436. The summed E-state index contributed by atoms with van der Waals surface area (Å²) in [6, 6.07) is 10.2. The first-order valence-electron chi connectivity index (χ1n) is 7.89. The van der Waals surface area contributed by atoms with Crippen molar-refractivity contribution in [3.63, 3.8) is 0 Å². The second kappa shape index (κ2) is 7.59. The largest absolute Gasteiger partial charge is 0.316 e. The zero-order valence-corrected chi connectivity index (χ0v) is 15.7. The molecule has 1 fully saturated rings. The number of halogens is 1. The van der Waals surface area contributed by atoms with Gasteiger partial charge in [0.2, 0.25) is 11.0 Å². The molecule has 2 heterocycles. The Hall–Kier alpha value is -1.50. The minimum absolute atomic E-state index is 0. The molecule has 3 rings (SSSR count). The SMILES string of the molecule is CC(C(=O)Nc1nnc(C(C)(C)c2ccccc2)s1)C1CNC1.Cl. The Morgan fingerprint density at radius 2 is 1.96 bits per heavy atom. The normalized spacial score (nSPS) is 16.0. The first-order chi connectivity index (χ1) is 11.0. The molecule has 0 radical (unpaired) electrons. The summed E-state index contributed by atoms with van der Waals surface area (Å²) in [6.07, 6.45) is 0. The topological polar surface area (TPSA) is 66.9 Å². The average molecular weight is 367 g/mol. The van der Waals surface area contributed by atoms with Crippen LogP contribution in [0.15, 0.2) is 30.3 Å². The van der Waals surface area contributed by atoms with Crippen LogP contribution in [0.1, 0.15) is 31.3 Å². The number of carbonyl (C=O) groups excluding carboxylic acids is 1. The van der Waals surface area contributed by atoms with E-state index in [0.717, 1.165) is 18.1 Å². The van der Waals surface area contributed by atoms with Gasteiger partial charge in [0.05, 0.1) is 0 Å². The van der Waals surface area contributed by atoms with Crippen LogP contribution in [0.2, 0.25) is 0 Å². The van der Waals surface area contributed by atoms with Crippen LogP contribution in [-0.2, 0) is 10.2 Å². The second-order valence-electron chi connectivity index (χ2n) is 6.60. The van der Waals surface area contributed by atoms with Crippen molar-refractivity contribution < 1.29 is 4.79 Å². The van der Waals surface area contributed by atoms with E-state index in [-0.39, 0.29) is 29.6 Å². The highest BCUT2D eigenvalue weighted by molar-refractivity contribution is 7.15. The maximum atomic E-state index is 12.3. The number of amides is 1. The van der Waals surface area contributed by atoms with Crippen molar-refractivity contribution in [2.45, 2.75) is 26.2 Å². The molecule has 0 saturated carbocycles. The Labute approximate surface area is 152 Å². The van der Waals surface area contributed by atoms with Crippen LogP contribution in [0.3, 0.4) is 0 Å². The highest BCUT2D eigenvalue weighted by Gasteiger charge is 2.31. The summed E-state index contributed by atoms with van der Waals surface area (Å²) in [5, 5.41) is 16.0. The molecular weight excluding hydrogens is 344 g/mol. The van der Waals surface area contributed by atoms with Crippen molar-refractivity contribution in [1.82, 2.24) is 15.5 Å². The lowest BCUT2D eigenvalue weighted by molar-refractivity contribution is -0.121. The van der Waals surface area contributed by atoms with E-state index in [0.29, 0.717) is 11.0 Å². The molecule has 1 unspecified atom stereocenters. The van der Waals surface area contributed by atoms with Crippen molar-refractivity contribution in [2.24, 2.45) is 11.8 Å². The number of hydrogen-bond acceptors (Lipinski definition) is 5. The highest BCUT2D eigenvalue weighted by atomic mass is 35.5. The number of hydrogen-bond donors (Lipinski definition) is 2. The van der Waals surface area contributed by atoms with E-state index >= 15 is 0 Å². The van der Waals surface area contributed by atoms with Crippen molar-refractivity contribution in [3.05, 3.63) is 40.9 Å². The summed E-state index contributed by atoms with van der Waals surface area (Å²) in [5.41, 5.74) is 0.953. The molecule has 2 N–H and O–H groups in total. The number of nitrogens with zero attached hydrogens (tertiary/aromatic N) is 2. The van der Waals surface area contributed by atoms with Crippen LogP contribution in [-0.4, -0.2) is 29.2 Å². The lowest BCUT2D eigenvalue weighted by atomic mass is 9.85. The third-order valence-corrected chi connectivity index (χ3v) is 5.78. The standard InChI is InChI=1S/C17H22N4OS.ClH/c1-11(12-9-18-10-12)14(22)19-16-21-20-15(23-16)17(2,3)13-7-5-4-6-8-13;/h4-8,11-12,18H,9-10H2,1-3H3,(H,19,21,22);1H. The van der Waals surface area contributed by atoms with Gasteiger partial charge in [-0.15, -0.1) is 22.6 Å². The number of anilines is 1. The lowest BCUT2D eigenvalue weighted by Crippen LogP contribution is -2.48. The zero-order chi connectivity index (χ0) is 16.4. The van der Waals surface area contributed by atoms with Gasteiger partial charge in [-0.3, -0.25) is 4.79 Å². The van der Waals surface area contributed by atoms with E-state index < -0.39 is 0 Å². The Morgan fingerprint density at radius 3 is 2.54 bits per heavy atom. The Bertz CT molecular complexity index is 685. The lowest BCUT2D eigenvalue weighted by Gasteiger charge is -2.31. The first kappa shape index (κ1) is 18.8. The maximum absolute atomic E-state index is 12.3. The molecule has 7 heteroatoms. The minimum atomic E-state index is -0.231. The van der Waals surface area contributed by atoms with Gasteiger partial charge in [-0.05, 0) is 38.4 Å². The summed E-state index contributed by atoms with van der Waals surface area (Å²) >= 11 is 1.45. The third kappa shape index (κ3) is 3.77. The molecule has 1 saturated heterocycles. The Morgan fingerprint density at radius 1 is 1.29 bits per heavy atom. The van der Waals surface area contributed by atoms with Gasteiger partial charge in [-0.25, -0.2) is 0 Å². The quantitative estimate of drug-likeness (QED) is 0.853. The van der Waals surface area contributed by atoms with Crippen molar-refractivity contribution in [1.29, 1.82) is 0 Å². The smallest absolute Gasteiger partial charge is 0.229 e. The number of benzene rings is 1. The summed E-state index contributed by atoms with van der Waals surface area (Å²) in [4.78, 5) is 12.3. The van der Waals surface area contributed by atoms with Crippen LogP contribution >= 0.6 is 23.7 Å². The Kier molecular flexibility index (Phi) is 5.96. The van der Waals surface area contributed by atoms with Gasteiger partial charge in [0.25, 0.3) is 0 Å². The molecule has 1 aromatic carbocycles. The van der Waals surface area contributed by atoms with Crippen LogP contribution in [0.5, 0.6) is 0 Å². The molecule has 24 heavy (non-hydrogen) atoms. The number of carbonyl (C=O) groups is 1. The molecule has 0 aliphatic carbocycles. The number of aromatic nitrogens is 2. The van der Waals surface area contributed by atoms with E-state index in [9.17, 15) is 4.79 Å². The molecule has 0 bridgehead atoms. The monoisotopic (exact) mass is 366 g/mol. The second-order valence-corrected chi connectivity index (χ2v) is 7.58. The third-order valence-electron chi connectivity index (χ3n) is 4.62. The van der Waals surface area contributed by atoms with Crippen LogP contribution in [0.4, 0.5) is 5.13 Å². The van der Waals surface area contributed by atoms with Gasteiger partial charge in [-0.1, -0.05) is 48.6 Å². The molecule has 1 aromatic heterocycles. The fourth-order valence-electron chi connectivity index (χ4n) is 2.60. The number of nitrogens with one attached hydrogen (secondary N) is 2. The molecule has 130 valence electrons. The van der Waals surface area contributed by atoms with Gasteiger partial charge in [-0.2, -0.15) is 0 Å². The first-order valence-corrected chi connectivity index (χ1v) is 8.71. The van der Waals surface area contributed by atoms with Crippen molar-refractivity contribution >= 4 is 34.8 Å². The summed E-state index contributed by atoms with van der Waals surface area (Å²) < 4.78 is 0. The van der Waals surface area contributed by atoms with Gasteiger partial charge in [0.1, 0.15) is 5.01 Å². The maximum Gasteiger partial charge on any atom is 0.229 e. The van der Waals surface area contributed by atoms with Crippen LogP contribution in [0, 0.1) is 11.8 Å². The average Bonchev–Trinajstić information content (AvgIpc) is 2.95. The van der Waals surface area contributed by atoms with E-state index in [1.165, 1.54) is 16.9 Å². The van der Waals surface area contributed by atoms with Crippen LogP contribution in [0.25, 0.3) is 0 Å². The van der Waals surface area contributed by atoms with E-state index in [4.69, 9.17) is 0 Å². The molecule has 1 atom stereocenters. The van der Waals surface area contributed by atoms with Gasteiger partial charge in [0.15, 0.2) is 0 Å². The van der Waals surface area contributed by atoms with Gasteiger partial charge < -0.3 is 10.6 Å². The zero-order valence-electron chi connectivity index (χ0n) is 14.1. The summed E-state index contributed by atoms with van der Waals surface area (Å²) in [6.45, 7) is 8.04. The van der Waals surface area contributed by atoms with E-state index in [1.807, 2.05) is 25.1 Å².